The molecule has 1 rings (SSSR count). The Labute approximate surface area is 163 Å². The highest BCUT2D eigenvalue weighted by Crippen LogP contribution is 2.20. The van der Waals surface area contributed by atoms with Crippen LogP contribution in [-0.2, 0) is 11.3 Å². The van der Waals surface area contributed by atoms with E-state index >= 15 is 0 Å². The van der Waals surface area contributed by atoms with E-state index in [1.54, 1.807) is 7.11 Å². The molecule has 0 radical (unpaired) electrons. The van der Waals surface area contributed by atoms with Crippen LogP contribution in [0.1, 0.15) is 38.3 Å². The zero-order chi connectivity index (χ0) is 17.1. The molecule has 2 N–H and O–H groups in total. The number of nitrogens with one attached hydrogen (secondary N) is 2. The standard InChI is InChI=1S/C18H31N3O2.HI/c1-6-19-18(20-10-7-11-23-14(2)3)21-13-16-9-8-15(4)12-17(16)22-5;/h8-9,12,14H,6-7,10-11,13H2,1-5H3,(H2,19,20,21);1H. The molecular formula is C18H32IN3O2. The highest BCUT2D eigenvalue weighted by Gasteiger charge is 2.04. The van der Waals surface area contributed by atoms with Crippen LogP contribution in [0.15, 0.2) is 23.2 Å². The predicted octanol–water partition coefficient (Wildman–Crippen LogP) is 3.49. The molecule has 0 aliphatic rings. The van der Waals surface area contributed by atoms with Crippen LogP contribution in [-0.4, -0.2) is 38.9 Å². The fourth-order valence-corrected chi connectivity index (χ4v) is 2.09. The third-order valence-electron chi connectivity index (χ3n) is 3.26. The SMILES string of the molecule is CCNC(=NCc1ccc(C)cc1OC)NCCCOC(C)C.I. The van der Waals surface area contributed by atoms with Crippen molar-refractivity contribution in [2.75, 3.05) is 26.8 Å². The maximum atomic E-state index is 5.54. The molecule has 0 atom stereocenters. The van der Waals surface area contributed by atoms with Crippen molar-refractivity contribution in [3.05, 3.63) is 29.3 Å². The quantitative estimate of drug-likeness (QED) is 0.262. The van der Waals surface area contributed by atoms with Gasteiger partial charge in [-0.05, 0) is 45.7 Å². The van der Waals surface area contributed by atoms with Crippen molar-refractivity contribution in [3.63, 3.8) is 0 Å². The molecule has 0 saturated carbocycles. The maximum Gasteiger partial charge on any atom is 0.191 e. The van der Waals surface area contributed by atoms with E-state index in [1.165, 1.54) is 5.56 Å². The molecule has 0 aromatic heterocycles. The number of nitrogens with zero attached hydrogens (tertiary/aromatic N) is 1. The Hall–Kier alpha value is -1.02. The normalized spacial score (nSPS) is 11.2. The van der Waals surface area contributed by atoms with Crippen LogP contribution < -0.4 is 15.4 Å². The van der Waals surface area contributed by atoms with Crippen LogP contribution in [0, 0.1) is 6.92 Å². The van der Waals surface area contributed by atoms with Gasteiger partial charge >= 0.3 is 0 Å². The van der Waals surface area contributed by atoms with Crippen molar-refractivity contribution < 1.29 is 9.47 Å². The summed E-state index contributed by atoms with van der Waals surface area (Å²) in [6.07, 6.45) is 1.24. The molecule has 0 spiro atoms. The van der Waals surface area contributed by atoms with E-state index in [4.69, 9.17) is 9.47 Å². The van der Waals surface area contributed by atoms with Gasteiger partial charge in [0.1, 0.15) is 5.75 Å². The Morgan fingerprint density at radius 2 is 2.00 bits per heavy atom. The summed E-state index contributed by atoms with van der Waals surface area (Å²) in [7, 11) is 1.69. The molecule has 0 amide bonds. The lowest BCUT2D eigenvalue weighted by atomic mass is 10.1. The summed E-state index contributed by atoms with van der Waals surface area (Å²) < 4.78 is 11.0. The van der Waals surface area contributed by atoms with Gasteiger partial charge in [0.05, 0.1) is 19.8 Å². The van der Waals surface area contributed by atoms with Crippen LogP contribution in [0.4, 0.5) is 0 Å². The zero-order valence-electron chi connectivity index (χ0n) is 15.5. The second-order valence-corrected chi connectivity index (χ2v) is 5.71. The van der Waals surface area contributed by atoms with Gasteiger partial charge in [0, 0.05) is 25.3 Å². The van der Waals surface area contributed by atoms with Crippen LogP contribution in [0.25, 0.3) is 0 Å². The molecule has 1 aromatic carbocycles. The number of aryl methyl sites for hydroxylation is 1. The molecule has 0 unspecified atom stereocenters. The highest BCUT2D eigenvalue weighted by molar-refractivity contribution is 14.0. The van der Waals surface area contributed by atoms with Gasteiger partial charge in [0.2, 0.25) is 0 Å². The second kappa shape index (κ2) is 13.3. The molecule has 5 nitrogen and oxygen atoms in total. The topological polar surface area (TPSA) is 54.9 Å². The van der Waals surface area contributed by atoms with E-state index in [0.29, 0.717) is 6.54 Å². The minimum atomic E-state index is 0. The fourth-order valence-electron chi connectivity index (χ4n) is 2.09. The number of aliphatic imine (C=N–C) groups is 1. The molecule has 0 fully saturated rings. The van der Waals surface area contributed by atoms with E-state index < -0.39 is 0 Å². The van der Waals surface area contributed by atoms with Gasteiger partial charge < -0.3 is 20.1 Å². The summed E-state index contributed by atoms with van der Waals surface area (Å²) in [4.78, 5) is 4.63. The second-order valence-electron chi connectivity index (χ2n) is 5.71. The molecule has 0 bridgehead atoms. The lowest BCUT2D eigenvalue weighted by Crippen LogP contribution is -2.38. The number of hydrogen-bond acceptors (Lipinski definition) is 3. The Kier molecular flexibility index (Phi) is 12.7. The van der Waals surface area contributed by atoms with E-state index in [0.717, 1.165) is 43.4 Å². The van der Waals surface area contributed by atoms with E-state index in [9.17, 15) is 0 Å². The molecule has 0 saturated heterocycles. The Morgan fingerprint density at radius 3 is 2.62 bits per heavy atom. The van der Waals surface area contributed by atoms with Gasteiger partial charge in [-0.2, -0.15) is 0 Å². The van der Waals surface area contributed by atoms with Crippen molar-refractivity contribution >= 4 is 29.9 Å². The van der Waals surface area contributed by atoms with Crippen LogP contribution in [0.5, 0.6) is 5.75 Å². The van der Waals surface area contributed by atoms with Crippen molar-refractivity contribution in [2.45, 2.75) is 46.8 Å². The summed E-state index contributed by atoms with van der Waals surface area (Å²) in [6.45, 7) is 11.2. The first-order valence-electron chi connectivity index (χ1n) is 8.34. The molecule has 24 heavy (non-hydrogen) atoms. The van der Waals surface area contributed by atoms with Crippen LogP contribution in [0.3, 0.4) is 0 Å². The molecule has 0 heterocycles. The summed E-state index contributed by atoms with van der Waals surface area (Å²) in [5.41, 5.74) is 2.27. The van der Waals surface area contributed by atoms with Crippen molar-refractivity contribution in [3.8, 4) is 5.75 Å². The highest BCUT2D eigenvalue weighted by atomic mass is 127. The van der Waals surface area contributed by atoms with Crippen molar-refractivity contribution in [2.24, 2.45) is 4.99 Å². The predicted molar refractivity (Wildman–Crippen MR) is 112 cm³/mol. The largest absolute Gasteiger partial charge is 0.496 e. The van der Waals surface area contributed by atoms with Crippen molar-refractivity contribution in [1.82, 2.24) is 10.6 Å². The Balaban J connectivity index is 0.00000529. The molecule has 0 aliphatic carbocycles. The third-order valence-corrected chi connectivity index (χ3v) is 3.26. The molecule has 1 aromatic rings. The summed E-state index contributed by atoms with van der Waals surface area (Å²) >= 11 is 0. The number of methoxy groups -OCH3 is 1. The summed E-state index contributed by atoms with van der Waals surface area (Å²) in [6, 6.07) is 6.18. The average Bonchev–Trinajstić information content (AvgIpc) is 2.52. The fraction of sp³-hybridized carbons (Fsp3) is 0.611. The monoisotopic (exact) mass is 449 g/mol. The van der Waals surface area contributed by atoms with Crippen LogP contribution >= 0.6 is 24.0 Å². The summed E-state index contributed by atoms with van der Waals surface area (Å²) in [5.74, 6) is 1.70. The van der Waals surface area contributed by atoms with Crippen LogP contribution in [0.2, 0.25) is 0 Å². The minimum Gasteiger partial charge on any atom is -0.496 e. The first-order valence-corrected chi connectivity index (χ1v) is 8.34. The zero-order valence-corrected chi connectivity index (χ0v) is 17.8. The Bertz CT molecular complexity index is 493. The maximum absolute atomic E-state index is 5.54. The van der Waals surface area contributed by atoms with Gasteiger partial charge in [-0.3, -0.25) is 0 Å². The lowest BCUT2D eigenvalue weighted by molar-refractivity contribution is 0.0776. The smallest absolute Gasteiger partial charge is 0.191 e. The van der Waals surface area contributed by atoms with Gasteiger partial charge in [-0.25, -0.2) is 4.99 Å². The first-order chi connectivity index (χ1) is 11.1. The molecule has 6 heteroatoms. The first kappa shape index (κ1) is 23.0. The molecular weight excluding hydrogens is 417 g/mol. The van der Waals surface area contributed by atoms with Crippen molar-refractivity contribution in [1.29, 1.82) is 0 Å². The van der Waals surface area contributed by atoms with Gasteiger partial charge in [0.25, 0.3) is 0 Å². The number of hydrogen-bond donors (Lipinski definition) is 2. The van der Waals surface area contributed by atoms with Gasteiger partial charge in [0.15, 0.2) is 5.96 Å². The molecule has 0 aliphatic heterocycles. The molecule has 138 valence electrons. The summed E-state index contributed by atoms with van der Waals surface area (Å²) in [5, 5.41) is 6.59. The number of ether oxygens (including phenoxy) is 2. The minimum absolute atomic E-state index is 0. The third kappa shape index (κ3) is 9.32. The van der Waals surface area contributed by atoms with Gasteiger partial charge in [-0.1, -0.05) is 12.1 Å². The average molecular weight is 449 g/mol. The number of rotatable bonds is 9. The number of benzene rings is 1. The van der Waals surface area contributed by atoms with E-state index in [2.05, 4.69) is 41.6 Å². The lowest BCUT2D eigenvalue weighted by Gasteiger charge is -2.13. The van der Waals surface area contributed by atoms with E-state index in [-0.39, 0.29) is 30.1 Å². The number of guanidine groups is 1. The van der Waals surface area contributed by atoms with E-state index in [1.807, 2.05) is 19.9 Å². The Morgan fingerprint density at radius 1 is 1.25 bits per heavy atom. The number of halogens is 1. The van der Waals surface area contributed by atoms with Gasteiger partial charge in [-0.15, -0.1) is 24.0 Å².